The molecule has 0 spiro atoms. The molecular weight excluding hydrogens is 475 g/mol. The Morgan fingerprint density at radius 2 is 2.00 bits per heavy atom. The van der Waals surface area contributed by atoms with Crippen molar-refractivity contribution >= 4 is 71.9 Å². The van der Waals surface area contributed by atoms with Gasteiger partial charge >= 0.3 is 0 Å². The zero-order valence-corrected chi connectivity index (χ0v) is 14.7. The van der Waals surface area contributed by atoms with Gasteiger partial charge in [0.05, 0.1) is 4.47 Å². The van der Waals surface area contributed by atoms with Crippen LogP contribution in [0, 0.1) is 3.57 Å². The molecule has 1 aromatic carbocycles. The number of halogens is 3. The molecule has 0 aliphatic carbocycles. The summed E-state index contributed by atoms with van der Waals surface area (Å²) in [6.45, 7) is 0. The summed E-state index contributed by atoms with van der Waals surface area (Å²) in [6, 6.07) is 6.04. The van der Waals surface area contributed by atoms with E-state index in [1.165, 1.54) is 0 Å². The molecule has 0 amide bonds. The van der Waals surface area contributed by atoms with Crippen molar-refractivity contribution in [3.05, 3.63) is 36.9 Å². The Labute approximate surface area is 135 Å². The number of anilines is 3. The summed E-state index contributed by atoms with van der Waals surface area (Å²) >= 11 is 9.19. The molecule has 18 heavy (non-hydrogen) atoms. The monoisotopic (exact) mass is 482 g/mol. The van der Waals surface area contributed by atoms with Gasteiger partial charge in [-0.25, -0.2) is 4.98 Å². The van der Waals surface area contributed by atoms with Crippen LogP contribution in [0.15, 0.2) is 33.3 Å². The molecule has 0 aliphatic rings. The molecule has 0 atom stereocenters. The number of aromatic nitrogens is 2. The summed E-state index contributed by atoms with van der Waals surface area (Å²) in [5.74, 6) is 1.30. The van der Waals surface area contributed by atoms with Gasteiger partial charge in [0.25, 0.3) is 0 Å². The van der Waals surface area contributed by atoms with Crippen molar-refractivity contribution in [3.63, 3.8) is 0 Å². The van der Waals surface area contributed by atoms with Crippen molar-refractivity contribution < 1.29 is 0 Å². The fourth-order valence-electron chi connectivity index (χ4n) is 1.29. The number of benzene rings is 1. The second-order valence-electron chi connectivity index (χ2n) is 3.39. The standard InChI is InChI=1S/C11H9Br2IN4/c1-15-11-16-5-8(13)10(18-11)17-6-2-3-9(14)7(12)4-6/h2-5H,1H3,(H2,15,16,17,18). The van der Waals surface area contributed by atoms with E-state index in [0.717, 1.165) is 24.0 Å². The van der Waals surface area contributed by atoms with Crippen molar-refractivity contribution in [1.29, 1.82) is 0 Å². The van der Waals surface area contributed by atoms with Crippen molar-refractivity contribution in [2.75, 3.05) is 17.7 Å². The third kappa shape index (κ3) is 3.33. The van der Waals surface area contributed by atoms with E-state index in [1.54, 1.807) is 13.2 Å². The van der Waals surface area contributed by atoms with Gasteiger partial charge in [0.1, 0.15) is 5.82 Å². The van der Waals surface area contributed by atoms with Gasteiger partial charge in [0.15, 0.2) is 0 Å². The minimum absolute atomic E-state index is 0.574. The van der Waals surface area contributed by atoms with Crippen molar-refractivity contribution in [2.24, 2.45) is 0 Å². The van der Waals surface area contributed by atoms with E-state index in [1.807, 2.05) is 18.2 Å². The number of rotatable bonds is 3. The van der Waals surface area contributed by atoms with Crippen LogP contribution in [-0.2, 0) is 0 Å². The maximum atomic E-state index is 4.34. The Morgan fingerprint density at radius 1 is 1.22 bits per heavy atom. The first-order valence-electron chi connectivity index (χ1n) is 5.02. The zero-order valence-electron chi connectivity index (χ0n) is 9.34. The second kappa shape index (κ2) is 6.16. The Hall–Kier alpha value is -0.410. The third-order valence-electron chi connectivity index (χ3n) is 2.15. The van der Waals surface area contributed by atoms with Crippen molar-refractivity contribution in [2.45, 2.75) is 0 Å². The molecule has 1 heterocycles. The fraction of sp³-hybridized carbons (Fsp3) is 0.0909. The average Bonchev–Trinajstić information content (AvgIpc) is 2.36. The molecule has 7 heteroatoms. The van der Waals surface area contributed by atoms with Gasteiger partial charge in [-0.15, -0.1) is 0 Å². The first-order valence-corrected chi connectivity index (χ1v) is 7.69. The zero-order chi connectivity index (χ0) is 13.1. The van der Waals surface area contributed by atoms with E-state index in [-0.39, 0.29) is 0 Å². The Bertz CT molecular complexity index is 577. The van der Waals surface area contributed by atoms with Gasteiger partial charge < -0.3 is 10.6 Å². The molecule has 0 radical (unpaired) electrons. The highest BCUT2D eigenvalue weighted by atomic mass is 127. The number of nitrogens with one attached hydrogen (secondary N) is 2. The lowest BCUT2D eigenvalue weighted by atomic mass is 10.3. The first-order chi connectivity index (χ1) is 8.60. The van der Waals surface area contributed by atoms with Crippen molar-refractivity contribution in [1.82, 2.24) is 9.97 Å². The Morgan fingerprint density at radius 3 is 2.67 bits per heavy atom. The lowest BCUT2D eigenvalue weighted by molar-refractivity contribution is 1.14. The van der Waals surface area contributed by atoms with Crippen LogP contribution in [0.2, 0.25) is 0 Å². The number of hydrogen-bond donors (Lipinski definition) is 2. The lowest BCUT2D eigenvalue weighted by Crippen LogP contribution is -2.01. The van der Waals surface area contributed by atoms with Crippen LogP contribution < -0.4 is 10.6 Å². The van der Waals surface area contributed by atoms with Gasteiger partial charge in [-0.2, -0.15) is 4.98 Å². The maximum Gasteiger partial charge on any atom is 0.224 e. The predicted octanol–water partition coefficient (Wildman–Crippen LogP) is 4.39. The Balaban J connectivity index is 2.30. The smallest absolute Gasteiger partial charge is 0.224 e. The molecule has 0 fully saturated rings. The predicted molar refractivity (Wildman–Crippen MR) is 89.4 cm³/mol. The van der Waals surface area contributed by atoms with Crippen LogP contribution in [0.1, 0.15) is 0 Å². The van der Waals surface area contributed by atoms with E-state index in [2.05, 4.69) is 75.1 Å². The molecule has 0 bridgehead atoms. The molecule has 1 aromatic heterocycles. The summed E-state index contributed by atoms with van der Waals surface area (Å²) in [5, 5.41) is 6.15. The van der Waals surface area contributed by atoms with Gasteiger partial charge in [-0.3, -0.25) is 0 Å². The third-order valence-corrected chi connectivity index (χ3v) is 5.07. The highest BCUT2D eigenvalue weighted by molar-refractivity contribution is 14.1. The van der Waals surface area contributed by atoms with Crippen LogP contribution >= 0.6 is 54.5 Å². The Kier molecular flexibility index (Phi) is 4.79. The van der Waals surface area contributed by atoms with Crippen LogP contribution in [0.25, 0.3) is 0 Å². The summed E-state index contributed by atoms with van der Waals surface area (Å²) in [6.07, 6.45) is 1.71. The maximum absolute atomic E-state index is 4.34. The summed E-state index contributed by atoms with van der Waals surface area (Å²) < 4.78 is 3.03. The molecular formula is C11H9Br2IN4. The largest absolute Gasteiger partial charge is 0.357 e. The minimum atomic E-state index is 0.574. The lowest BCUT2D eigenvalue weighted by Gasteiger charge is -2.09. The molecule has 0 saturated carbocycles. The molecule has 2 rings (SSSR count). The van der Waals surface area contributed by atoms with Crippen LogP contribution in [0.5, 0.6) is 0 Å². The molecule has 0 saturated heterocycles. The summed E-state index contributed by atoms with van der Waals surface area (Å²) in [5.41, 5.74) is 0.962. The number of nitrogens with zero attached hydrogens (tertiary/aromatic N) is 2. The minimum Gasteiger partial charge on any atom is -0.357 e. The highest BCUT2D eigenvalue weighted by Gasteiger charge is 2.05. The fourth-order valence-corrected chi connectivity index (χ4v) is 2.29. The first kappa shape index (κ1) is 14.0. The quantitative estimate of drug-likeness (QED) is 0.636. The van der Waals surface area contributed by atoms with E-state index in [9.17, 15) is 0 Å². The van der Waals surface area contributed by atoms with E-state index in [4.69, 9.17) is 0 Å². The number of hydrogen-bond acceptors (Lipinski definition) is 4. The van der Waals surface area contributed by atoms with Crippen LogP contribution in [-0.4, -0.2) is 17.0 Å². The van der Waals surface area contributed by atoms with Crippen molar-refractivity contribution in [3.8, 4) is 0 Å². The molecule has 94 valence electrons. The van der Waals surface area contributed by atoms with Crippen LogP contribution in [0.4, 0.5) is 17.5 Å². The topological polar surface area (TPSA) is 49.8 Å². The molecule has 2 N–H and O–H groups in total. The molecule has 2 aromatic rings. The highest BCUT2D eigenvalue weighted by Crippen LogP contribution is 2.27. The van der Waals surface area contributed by atoms with E-state index in [0.29, 0.717) is 5.95 Å². The van der Waals surface area contributed by atoms with Crippen LogP contribution in [0.3, 0.4) is 0 Å². The van der Waals surface area contributed by atoms with Gasteiger partial charge in [0.2, 0.25) is 5.95 Å². The second-order valence-corrected chi connectivity index (χ2v) is 6.26. The average molecular weight is 484 g/mol. The summed E-state index contributed by atoms with van der Waals surface area (Å²) in [7, 11) is 1.79. The van der Waals surface area contributed by atoms with Gasteiger partial charge in [-0.1, -0.05) is 0 Å². The normalized spacial score (nSPS) is 10.2. The van der Waals surface area contributed by atoms with E-state index >= 15 is 0 Å². The van der Waals surface area contributed by atoms with Gasteiger partial charge in [0, 0.05) is 27.0 Å². The molecule has 0 aliphatic heterocycles. The SMILES string of the molecule is CNc1ncc(Br)c(Nc2ccc(I)c(Br)c2)n1. The molecule has 0 unspecified atom stereocenters. The summed E-state index contributed by atoms with van der Waals surface area (Å²) in [4.78, 5) is 8.45. The van der Waals surface area contributed by atoms with Gasteiger partial charge in [-0.05, 0) is 72.6 Å². The molecule has 4 nitrogen and oxygen atoms in total. The van der Waals surface area contributed by atoms with E-state index < -0.39 is 0 Å².